The third-order valence-electron chi connectivity index (χ3n) is 3.20. The maximum absolute atomic E-state index is 13.9. The average Bonchev–Trinajstić information content (AvgIpc) is 2.27. The van der Waals surface area contributed by atoms with Crippen LogP contribution in [0.15, 0.2) is 21.5 Å². The number of halogens is 2. The van der Waals surface area contributed by atoms with Crippen molar-refractivity contribution in [2.75, 3.05) is 19.3 Å². The lowest BCUT2D eigenvalue weighted by atomic mass is 9.90. The molecule has 1 fully saturated rings. The van der Waals surface area contributed by atoms with Gasteiger partial charge in [0.1, 0.15) is 10.7 Å². The first-order valence-corrected chi connectivity index (χ1v) is 8.48. The second-order valence-corrected chi connectivity index (χ2v) is 7.42. The molecule has 1 aliphatic rings. The number of rotatable bonds is 2. The molecule has 1 saturated heterocycles. The highest BCUT2D eigenvalue weighted by molar-refractivity contribution is 9.10. The molecule has 0 aliphatic carbocycles. The Morgan fingerprint density at radius 2 is 1.94 bits per heavy atom. The summed E-state index contributed by atoms with van der Waals surface area (Å²) in [7, 11) is -3.55. The number of nitrogens with one attached hydrogen (secondary N) is 1. The highest BCUT2D eigenvalue weighted by Gasteiger charge is 2.22. The normalized spacial score (nSPS) is 17.9. The van der Waals surface area contributed by atoms with Crippen molar-refractivity contribution < 1.29 is 12.8 Å². The van der Waals surface area contributed by atoms with Crippen LogP contribution in [0.5, 0.6) is 0 Å². The summed E-state index contributed by atoms with van der Waals surface area (Å²) in [5, 5.41) is 3.25. The zero-order chi connectivity index (χ0) is 13.3. The molecule has 0 atom stereocenters. The first-order valence-electron chi connectivity index (χ1n) is 5.79. The van der Waals surface area contributed by atoms with E-state index in [1.807, 2.05) is 0 Å². The Balaban J connectivity index is 2.42. The summed E-state index contributed by atoms with van der Waals surface area (Å²) in [6, 6.07) is 3.09. The summed E-state index contributed by atoms with van der Waals surface area (Å²) >= 11 is 3.17. The molecule has 0 amide bonds. The summed E-state index contributed by atoms with van der Waals surface area (Å²) < 4.78 is 37.2. The van der Waals surface area contributed by atoms with E-state index in [0.717, 1.165) is 37.8 Å². The third kappa shape index (κ3) is 2.92. The Kier molecular flexibility index (Phi) is 4.08. The minimum Gasteiger partial charge on any atom is -0.317 e. The fraction of sp³-hybridized carbons (Fsp3) is 0.500. The van der Waals surface area contributed by atoms with Crippen molar-refractivity contribution in [3.63, 3.8) is 0 Å². The van der Waals surface area contributed by atoms with E-state index in [4.69, 9.17) is 0 Å². The van der Waals surface area contributed by atoms with Crippen molar-refractivity contribution in [3.05, 3.63) is 28.0 Å². The Morgan fingerprint density at radius 1 is 1.33 bits per heavy atom. The Bertz CT molecular complexity index is 530. The van der Waals surface area contributed by atoms with Crippen molar-refractivity contribution in [1.29, 1.82) is 0 Å². The van der Waals surface area contributed by atoms with Gasteiger partial charge in [-0.15, -0.1) is 0 Å². The molecule has 1 aromatic rings. The van der Waals surface area contributed by atoms with Gasteiger partial charge in [0.25, 0.3) is 0 Å². The van der Waals surface area contributed by atoms with E-state index >= 15 is 0 Å². The van der Waals surface area contributed by atoms with E-state index in [2.05, 4.69) is 21.2 Å². The van der Waals surface area contributed by atoms with E-state index in [1.54, 1.807) is 6.07 Å². The summed E-state index contributed by atoms with van der Waals surface area (Å²) in [4.78, 5) is -0.250. The standard InChI is InChI=1S/C12H15BrFNO2S/c1-18(16,17)12-10(13)6-9(7-11(12)14)8-2-4-15-5-3-8/h6-8,15H,2-5H2,1H3. The van der Waals surface area contributed by atoms with E-state index < -0.39 is 15.7 Å². The SMILES string of the molecule is CS(=O)(=O)c1c(F)cc(C2CCNCC2)cc1Br. The minimum absolute atomic E-state index is 0.250. The molecule has 1 aliphatic heterocycles. The second kappa shape index (κ2) is 5.27. The van der Waals surface area contributed by atoms with Crippen molar-refractivity contribution in [2.45, 2.75) is 23.7 Å². The Labute approximate surface area is 115 Å². The molecular weight excluding hydrogens is 321 g/mol. The first-order chi connectivity index (χ1) is 8.39. The van der Waals surface area contributed by atoms with Gasteiger partial charge in [-0.3, -0.25) is 0 Å². The lowest BCUT2D eigenvalue weighted by Gasteiger charge is -2.23. The molecule has 2 rings (SSSR count). The molecule has 0 spiro atoms. The van der Waals surface area contributed by atoms with Gasteiger partial charge in [-0.2, -0.15) is 0 Å². The van der Waals surface area contributed by atoms with Gasteiger partial charge in [0, 0.05) is 10.7 Å². The highest BCUT2D eigenvalue weighted by Crippen LogP contribution is 2.32. The van der Waals surface area contributed by atoms with Gasteiger partial charge in [0.15, 0.2) is 9.84 Å². The van der Waals surface area contributed by atoms with Crippen LogP contribution in [0, 0.1) is 5.82 Å². The minimum atomic E-state index is -3.55. The molecule has 1 heterocycles. The van der Waals surface area contributed by atoms with Crippen LogP contribution in [0.4, 0.5) is 4.39 Å². The molecule has 0 saturated carbocycles. The van der Waals surface area contributed by atoms with Crippen LogP contribution in [-0.4, -0.2) is 27.8 Å². The molecule has 0 aromatic heterocycles. The number of benzene rings is 1. The molecular formula is C12H15BrFNO2S. The van der Waals surface area contributed by atoms with Gasteiger partial charge in [-0.1, -0.05) is 0 Å². The fourth-order valence-electron chi connectivity index (χ4n) is 2.32. The molecule has 0 unspecified atom stereocenters. The van der Waals surface area contributed by atoms with Crippen LogP contribution in [0.1, 0.15) is 24.3 Å². The molecule has 18 heavy (non-hydrogen) atoms. The first kappa shape index (κ1) is 14.0. The Morgan fingerprint density at radius 3 is 2.44 bits per heavy atom. The third-order valence-corrected chi connectivity index (χ3v) is 5.25. The number of hydrogen-bond acceptors (Lipinski definition) is 3. The fourth-order valence-corrected chi connectivity index (χ4v) is 4.49. The van der Waals surface area contributed by atoms with Gasteiger partial charge in [0.2, 0.25) is 0 Å². The quantitative estimate of drug-likeness (QED) is 0.902. The molecule has 100 valence electrons. The summed E-state index contributed by atoms with van der Waals surface area (Å²) in [6.45, 7) is 1.83. The molecule has 0 bridgehead atoms. The van der Waals surface area contributed by atoms with E-state index in [1.165, 1.54) is 6.07 Å². The van der Waals surface area contributed by atoms with Crippen LogP contribution in [0.25, 0.3) is 0 Å². The molecule has 1 aromatic carbocycles. The molecule has 1 N–H and O–H groups in total. The van der Waals surface area contributed by atoms with Gasteiger partial charge in [0.05, 0.1) is 0 Å². The summed E-state index contributed by atoms with van der Waals surface area (Å²) in [6.07, 6.45) is 2.91. The zero-order valence-electron chi connectivity index (χ0n) is 10.0. The highest BCUT2D eigenvalue weighted by atomic mass is 79.9. The molecule has 6 heteroatoms. The number of hydrogen-bond donors (Lipinski definition) is 1. The smallest absolute Gasteiger partial charge is 0.179 e. The van der Waals surface area contributed by atoms with Crippen LogP contribution in [-0.2, 0) is 9.84 Å². The maximum Gasteiger partial charge on any atom is 0.179 e. The maximum atomic E-state index is 13.9. The van der Waals surface area contributed by atoms with Crippen LogP contribution < -0.4 is 5.32 Å². The average molecular weight is 336 g/mol. The van der Waals surface area contributed by atoms with Crippen LogP contribution in [0.3, 0.4) is 0 Å². The van der Waals surface area contributed by atoms with Gasteiger partial charge >= 0.3 is 0 Å². The summed E-state index contributed by atoms with van der Waals surface area (Å²) in [5.41, 5.74) is 0.869. The molecule has 3 nitrogen and oxygen atoms in total. The van der Waals surface area contributed by atoms with Gasteiger partial charge in [-0.05, 0) is 65.5 Å². The predicted octanol–water partition coefficient (Wildman–Crippen LogP) is 2.46. The monoisotopic (exact) mass is 335 g/mol. The van der Waals surface area contributed by atoms with Crippen molar-refractivity contribution >= 4 is 25.8 Å². The van der Waals surface area contributed by atoms with Gasteiger partial charge in [-0.25, -0.2) is 12.8 Å². The predicted molar refractivity (Wildman–Crippen MR) is 72.1 cm³/mol. The lowest BCUT2D eigenvalue weighted by molar-refractivity contribution is 0.457. The van der Waals surface area contributed by atoms with Crippen LogP contribution in [0.2, 0.25) is 0 Å². The van der Waals surface area contributed by atoms with E-state index in [9.17, 15) is 12.8 Å². The van der Waals surface area contributed by atoms with Gasteiger partial charge < -0.3 is 5.32 Å². The van der Waals surface area contributed by atoms with E-state index in [0.29, 0.717) is 10.4 Å². The van der Waals surface area contributed by atoms with Crippen molar-refractivity contribution in [1.82, 2.24) is 5.32 Å². The number of sulfone groups is 1. The van der Waals surface area contributed by atoms with Crippen molar-refractivity contribution in [2.24, 2.45) is 0 Å². The second-order valence-electron chi connectivity index (χ2n) is 4.61. The zero-order valence-corrected chi connectivity index (χ0v) is 12.4. The largest absolute Gasteiger partial charge is 0.317 e. The summed E-state index contributed by atoms with van der Waals surface area (Å²) in [5.74, 6) is -0.369. The topological polar surface area (TPSA) is 46.2 Å². The number of piperidine rings is 1. The Hall–Kier alpha value is -0.460. The lowest BCUT2D eigenvalue weighted by Crippen LogP contribution is -2.26. The van der Waals surface area contributed by atoms with Crippen molar-refractivity contribution in [3.8, 4) is 0 Å². The molecule has 0 radical (unpaired) electrons. The van der Waals surface area contributed by atoms with Crippen LogP contribution >= 0.6 is 15.9 Å². The van der Waals surface area contributed by atoms with E-state index in [-0.39, 0.29) is 4.90 Å².